The number of allylic oxidation sites excluding steroid dienone is 1. The molecule has 18 heavy (non-hydrogen) atoms. The molecular weight excluding hydrogens is 222 g/mol. The van der Waals surface area contributed by atoms with Gasteiger partial charge in [-0.1, -0.05) is 20.3 Å². The first-order valence-corrected chi connectivity index (χ1v) is 7.63. The average molecular weight is 248 g/mol. The Bertz CT molecular complexity index is 397. The maximum atomic E-state index is 6.02. The Balaban J connectivity index is 2.00. The number of hydrogen-bond donors (Lipinski definition) is 3. The molecule has 100 valence electrons. The molecule has 0 aromatic rings. The van der Waals surface area contributed by atoms with Crippen LogP contribution in [0.4, 0.5) is 0 Å². The predicted molar refractivity (Wildman–Crippen MR) is 73.6 cm³/mol. The molecule has 0 aromatic heterocycles. The van der Waals surface area contributed by atoms with Crippen LogP contribution in [0.5, 0.6) is 0 Å². The van der Waals surface area contributed by atoms with Crippen molar-refractivity contribution in [2.75, 3.05) is 0 Å². The van der Waals surface area contributed by atoms with E-state index in [0.717, 1.165) is 17.8 Å². The normalized spacial score (nSPS) is 38.2. The fourth-order valence-corrected chi connectivity index (χ4v) is 4.55. The highest BCUT2D eigenvalue weighted by Crippen LogP contribution is 2.47. The molecule has 3 nitrogen and oxygen atoms in total. The molecule has 1 fully saturated rings. The topological polar surface area (TPSA) is 52.0 Å². The smallest absolute Gasteiger partial charge is 0.291 e. The standard InChI is InChI=1S/C15H25N3/c1-3-5-9-8-10-6-7-12-13(10)14(11(9)4-2)18-15(16)17-12/h9-10,12-13H,3-8H2,1-2H3,(H3,16,17,18)/p+1/t9-,10+,12+,13-/m1/s1. The lowest BCUT2D eigenvalue weighted by atomic mass is 9.71. The first kappa shape index (κ1) is 12.1. The minimum atomic E-state index is 0.593. The molecule has 4 N–H and O–H groups in total. The fourth-order valence-electron chi connectivity index (χ4n) is 4.55. The van der Waals surface area contributed by atoms with Gasteiger partial charge in [-0.3, -0.25) is 10.7 Å². The highest BCUT2D eigenvalue weighted by Gasteiger charge is 2.48. The van der Waals surface area contributed by atoms with E-state index in [0.29, 0.717) is 12.0 Å². The molecule has 0 unspecified atom stereocenters. The molecule has 0 amide bonds. The Morgan fingerprint density at radius 1 is 1.33 bits per heavy atom. The summed E-state index contributed by atoms with van der Waals surface area (Å²) in [5.41, 5.74) is 9.18. The third-order valence-electron chi connectivity index (χ3n) is 5.18. The van der Waals surface area contributed by atoms with E-state index in [-0.39, 0.29) is 0 Å². The van der Waals surface area contributed by atoms with Gasteiger partial charge in [0.25, 0.3) is 0 Å². The highest BCUT2D eigenvalue weighted by atomic mass is 15.2. The van der Waals surface area contributed by atoms with Crippen LogP contribution in [0.15, 0.2) is 11.3 Å². The maximum absolute atomic E-state index is 6.02. The SMILES string of the molecule is CCC[C@@H]1C[C@@H]2CC[C@@H]3[NH+]=C(N)NC(=C1CC)[C@H]23. The average Bonchev–Trinajstić information content (AvgIpc) is 2.73. The summed E-state index contributed by atoms with van der Waals surface area (Å²) in [7, 11) is 0. The van der Waals surface area contributed by atoms with Crippen molar-refractivity contribution in [2.45, 2.75) is 58.4 Å². The maximum Gasteiger partial charge on any atom is 0.346 e. The summed E-state index contributed by atoms with van der Waals surface area (Å²) in [4.78, 5) is 3.45. The summed E-state index contributed by atoms with van der Waals surface area (Å²) in [5, 5.41) is 3.47. The predicted octanol–water partition coefficient (Wildman–Crippen LogP) is 0.864. The zero-order valence-corrected chi connectivity index (χ0v) is 11.6. The van der Waals surface area contributed by atoms with Gasteiger partial charge in [0, 0.05) is 5.92 Å². The molecular formula is C15H26N3+. The van der Waals surface area contributed by atoms with E-state index in [2.05, 4.69) is 24.2 Å². The van der Waals surface area contributed by atoms with Crippen molar-refractivity contribution in [1.82, 2.24) is 5.32 Å². The second kappa shape index (κ2) is 4.60. The summed E-state index contributed by atoms with van der Waals surface area (Å²) in [6.45, 7) is 4.60. The summed E-state index contributed by atoms with van der Waals surface area (Å²) in [6, 6.07) is 0.593. The lowest BCUT2D eigenvalue weighted by Crippen LogP contribution is -2.88. The van der Waals surface area contributed by atoms with E-state index in [9.17, 15) is 0 Å². The van der Waals surface area contributed by atoms with Crippen LogP contribution in [-0.2, 0) is 0 Å². The van der Waals surface area contributed by atoms with E-state index in [4.69, 9.17) is 5.73 Å². The van der Waals surface area contributed by atoms with Crippen LogP contribution in [-0.4, -0.2) is 12.0 Å². The summed E-state index contributed by atoms with van der Waals surface area (Å²) in [6.07, 6.45) is 7.88. The van der Waals surface area contributed by atoms with Crippen molar-refractivity contribution in [1.29, 1.82) is 0 Å². The lowest BCUT2D eigenvalue weighted by Gasteiger charge is -2.37. The van der Waals surface area contributed by atoms with Crippen LogP contribution in [0.25, 0.3) is 0 Å². The van der Waals surface area contributed by atoms with Gasteiger partial charge in [-0.25, -0.2) is 5.32 Å². The van der Waals surface area contributed by atoms with Crippen molar-refractivity contribution < 1.29 is 4.99 Å². The van der Waals surface area contributed by atoms with Crippen molar-refractivity contribution >= 4 is 5.96 Å². The van der Waals surface area contributed by atoms with E-state index < -0.39 is 0 Å². The van der Waals surface area contributed by atoms with Gasteiger partial charge in [0.05, 0.1) is 11.7 Å². The Morgan fingerprint density at radius 2 is 2.17 bits per heavy atom. The van der Waals surface area contributed by atoms with Crippen LogP contribution >= 0.6 is 0 Å². The third kappa shape index (κ3) is 1.75. The monoisotopic (exact) mass is 248 g/mol. The fraction of sp³-hybridized carbons (Fsp3) is 0.800. The van der Waals surface area contributed by atoms with Gasteiger partial charge in [0.1, 0.15) is 0 Å². The first-order valence-electron chi connectivity index (χ1n) is 7.63. The molecule has 0 bridgehead atoms. The van der Waals surface area contributed by atoms with Crippen molar-refractivity contribution in [3.05, 3.63) is 11.3 Å². The molecule has 4 atom stereocenters. The molecule has 0 aromatic carbocycles. The highest BCUT2D eigenvalue weighted by molar-refractivity contribution is 5.75. The van der Waals surface area contributed by atoms with Crippen LogP contribution in [0.1, 0.15) is 52.4 Å². The number of hydrogen-bond acceptors (Lipinski definition) is 2. The Labute approximate surface area is 110 Å². The second-order valence-electron chi connectivity index (χ2n) is 6.17. The zero-order valence-electron chi connectivity index (χ0n) is 11.6. The molecule has 1 aliphatic heterocycles. The van der Waals surface area contributed by atoms with E-state index in [1.807, 2.05) is 0 Å². The molecule has 2 aliphatic carbocycles. The van der Waals surface area contributed by atoms with Crippen molar-refractivity contribution in [2.24, 2.45) is 23.5 Å². The Hall–Kier alpha value is -0.990. The summed E-state index contributed by atoms with van der Waals surface area (Å²) in [5.74, 6) is 3.16. The second-order valence-corrected chi connectivity index (χ2v) is 6.17. The van der Waals surface area contributed by atoms with Crippen LogP contribution in [0, 0.1) is 17.8 Å². The quantitative estimate of drug-likeness (QED) is 0.694. The molecule has 1 saturated carbocycles. The van der Waals surface area contributed by atoms with E-state index in [1.54, 1.807) is 5.57 Å². The van der Waals surface area contributed by atoms with Gasteiger partial charge in [-0.05, 0) is 49.5 Å². The van der Waals surface area contributed by atoms with Crippen LogP contribution in [0.3, 0.4) is 0 Å². The van der Waals surface area contributed by atoms with E-state index >= 15 is 0 Å². The lowest BCUT2D eigenvalue weighted by molar-refractivity contribution is -0.516. The van der Waals surface area contributed by atoms with Gasteiger partial charge in [-0.2, -0.15) is 0 Å². The van der Waals surface area contributed by atoms with E-state index in [1.165, 1.54) is 44.2 Å². The number of nitrogens with two attached hydrogens (primary N) is 1. The number of nitrogens with one attached hydrogen (secondary N) is 2. The van der Waals surface area contributed by atoms with Crippen molar-refractivity contribution in [3.8, 4) is 0 Å². The minimum absolute atomic E-state index is 0.593. The number of rotatable bonds is 3. The Kier molecular flexibility index (Phi) is 3.08. The molecule has 3 heteroatoms. The third-order valence-corrected chi connectivity index (χ3v) is 5.18. The Morgan fingerprint density at radius 3 is 2.89 bits per heavy atom. The van der Waals surface area contributed by atoms with Crippen LogP contribution in [0.2, 0.25) is 0 Å². The van der Waals surface area contributed by atoms with Crippen LogP contribution < -0.4 is 16.0 Å². The van der Waals surface area contributed by atoms with Gasteiger partial charge in [0.15, 0.2) is 0 Å². The number of guanidine groups is 1. The van der Waals surface area contributed by atoms with Gasteiger partial charge in [-0.15, -0.1) is 0 Å². The molecule has 3 aliphatic rings. The summed E-state index contributed by atoms with van der Waals surface area (Å²) >= 11 is 0. The largest absolute Gasteiger partial charge is 0.346 e. The molecule has 1 heterocycles. The molecule has 3 rings (SSSR count). The minimum Gasteiger partial charge on any atom is -0.291 e. The van der Waals surface area contributed by atoms with Gasteiger partial charge < -0.3 is 0 Å². The van der Waals surface area contributed by atoms with Crippen molar-refractivity contribution in [3.63, 3.8) is 0 Å². The molecule has 0 radical (unpaired) electrons. The van der Waals surface area contributed by atoms with Gasteiger partial charge >= 0.3 is 5.96 Å². The van der Waals surface area contributed by atoms with Gasteiger partial charge in [0.2, 0.25) is 0 Å². The summed E-state index contributed by atoms with van der Waals surface area (Å²) < 4.78 is 0. The first-order chi connectivity index (χ1) is 8.74. The molecule has 0 saturated heterocycles. The zero-order chi connectivity index (χ0) is 12.7. The molecule has 0 spiro atoms.